The van der Waals surface area contributed by atoms with Gasteiger partial charge in [-0.3, -0.25) is 0 Å². The van der Waals surface area contributed by atoms with Gasteiger partial charge in [0.15, 0.2) is 0 Å². The van der Waals surface area contributed by atoms with Crippen LogP contribution in [0.5, 0.6) is 0 Å². The first kappa shape index (κ1) is 6.39. The minimum atomic E-state index is 0.744. The number of imidazole rings is 1. The molecule has 1 aliphatic rings. The SMILES string of the molecule is ON=C1CCCn2cncc21. The van der Waals surface area contributed by atoms with Gasteiger partial charge in [-0.15, -0.1) is 0 Å². The Balaban J connectivity index is 2.48. The van der Waals surface area contributed by atoms with Gasteiger partial charge in [0, 0.05) is 6.54 Å². The molecule has 0 aliphatic carbocycles. The van der Waals surface area contributed by atoms with Crippen molar-refractivity contribution in [3.05, 3.63) is 18.2 Å². The molecule has 1 aromatic heterocycles. The number of fused-ring (bicyclic) bond motifs is 1. The molecule has 4 nitrogen and oxygen atoms in total. The first-order valence-electron chi connectivity index (χ1n) is 3.63. The molecule has 0 radical (unpaired) electrons. The smallest absolute Gasteiger partial charge is 0.105 e. The summed E-state index contributed by atoms with van der Waals surface area (Å²) < 4.78 is 2.00. The summed E-state index contributed by atoms with van der Waals surface area (Å²) in [6.45, 7) is 0.981. The number of aromatic nitrogens is 2. The van der Waals surface area contributed by atoms with Crippen molar-refractivity contribution in [2.45, 2.75) is 19.4 Å². The molecule has 0 spiro atoms. The molecule has 0 saturated carbocycles. The molecule has 1 N–H and O–H groups in total. The maximum Gasteiger partial charge on any atom is 0.105 e. The van der Waals surface area contributed by atoms with Crippen LogP contribution in [-0.4, -0.2) is 20.5 Å². The lowest BCUT2D eigenvalue weighted by Gasteiger charge is -2.14. The van der Waals surface area contributed by atoms with Crippen LogP contribution in [0.15, 0.2) is 17.7 Å². The fourth-order valence-electron chi connectivity index (χ4n) is 1.39. The molecule has 0 bridgehead atoms. The third kappa shape index (κ3) is 0.906. The van der Waals surface area contributed by atoms with Crippen molar-refractivity contribution < 1.29 is 5.21 Å². The molecule has 0 unspecified atom stereocenters. The van der Waals surface area contributed by atoms with Gasteiger partial charge in [0.05, 0.1) is 18.2 Å². The normalized spacial score (nSPS) is 20.2. The summed E-state index contributed by atoms with van der Waals surface area (Å²) in [5, 5.41) is 11.8. The molecule has 11 heavy (non-hydrogen) atoms. The summed E-state index contributed by atoms with van der Waals surface area (Å²) in [4.78, 5) is 3.97. The maximum absolute atomic E-state index is 8.60. The molecular weight excluding hydrogens is 142 g/mol. The van der Waals surface area contributed by atoms with Crippen LogP contribution in [-0.2, 0) is 6.54 Å². The molecule has 4 heteroatoms. The number of nitrogens with zero attached hydrogens (tertiary/aromatic N) is 3. The van der Waals surface area contributed by atoms with E-state index in [1.807, 2.05) is 4.57 Å². The predicted octanol–water partition coefficient (Wildman–Crippen LogP) is 0.855. The zero-order chi connectivity index (χ0) is 7.68. The van der Waals surface area contributed by atoms with Crippen molar-refractivity contribution in [3.8, 4) is 0 Å². The van der Waals surface area contributed by atoms with Crippen molar-refractivity contribution in [1.82, 2.24) is 9.55 Å². The van der Waals surface area contributed by atoms with Crippen LogP contribution in [0, 0.1) is 0 Å². The molecule has 0 saturated heterocycles. The number of rotatable bonds is 0. The van der Waals surface area contributed by atoms with Crippen LogP contribution in [0.3, 0.4) is 0 Å². The fourth-order valence-corrected chi connectivity index (χ4v) is 1.39. The van der Waals surface area contributed by atoms with Gasteiger partial charge in [-0.05, 0) is 12.8 Å². The van der Waals surface area contributed by atoms with E-state index in [9.17, 15) is 0 Å². The van der Waals surface area contributed by atoms with Gasteiger partial charge in [0.25, 0.3) is 0 Å². The van der Waals surface area contributed by atoms with E-state index in [4.69, 9.17) is 5.21 Å². The van der Waals surface area contributed by atoms with E-state index in [0.717, 1.165) is 30.8 Å². The Hall–Kier alpha value is -1.32. The predicted molar refractivity (Wildman–Crippen MR) is 39.8 cm³/mol. The van der Waals surface area contributed by atoms with Crippen LogP contribution < -0.4 is 0 Å². The van der Waals surface area contributed by atoms with Crippen LogP contribution in [0.1, 0.15) is 18.5 Å². The monoisotopic (exact) mass is 151 g/mol. The number of oxime groups is 1. The second-order valence-electron chi connectivity index (χ2n) is 2.62. The van der Waals surface area contributed by atoms with Gasteiger partial charge >= 0.3 is 0 Å². The van der Waals surface area contributed by atoms with Crippen molar-refractivity contribution >= 4 is 5.71 Å². The molecule has 1 aliphatic heterocycles. The van der Waals surface area contributed by atoms with E-state index >= 15 is 0 Å². The van der Waals surface area contributed by atoms with E-state index in [1.165, 1.54) is 0 Å². The second-order valence-corrected chi connectivity index (χ2v) is 2.62. The molecule has 0 aromatic carbocycles. The lowest BCUT2D eigenvalue weighted by Crippen LogP contribution is -2.16. The molecule has 2 heterocycles. The molecule has 0 atom stereocenters. The Morgan fingerprint density at radius 3 is 3.36 bits per heavy atom. The Kier molecular flexibility index (Phi) is 1.38. The molecule has 0 amide bonds. The highest BCUT2D eigenvalue weighted by atomic mass is 16.4. The van der Waals surface area contributed by atoms with Crippen LogP contribution >= 0.6 is 0 Å². The maximum atomic E-state index is 8.60. The Labute approximate surface area is 64.2 Å². The Morgan fingerprint density at radius 1 is 1.64 bits per heavy atom. The molecule has 2 rings (SSSR count). The first-order chi connectivity index (χ1) is 5.42. The lowest BCUT2D eigenvalue weighted by atomic mass is 10.1. The minimum Gasteiger partial charge on any atom is -0.411 e. The van der Waals surface area contributed by atoms with Crippen LogP contribution in [0.4, 0.5) is 0 Å². The summed E-state index contributed by atoms with van der Waals surface area (Å²) in [7, 11) is 0. The van der Waals surface area contributed by atoms with Gasteiger partial charge in [0.2, 0.25) is 0 Å². The van der Waals surface area contributed by atoms with E-state index in [1.54, 1.807) is 12.5 Å². The Bertz CT molecular complexity index is 290. The fraction of sp³-hybridized carbons (Fsp3) is 0.429. The summed E-state index contributed by atoms with van der Waals surface area (Å²) in [5.41, 5.74) is 1.69. The van der Waals surface area contributed by atoms with Crippen LogP contribution in [0.2, 0.25) is 0 Å². The average Bonchev–Trinajstić information content (AvgIpc) is 2.50. The van der Waals surface area contributed by atoms with Crippen molar-refractivity contribution in [2.75, 3.05) is 0 Å². The molecule has 0 fully saturated rings. The zero-order valence-corrected chi connectivity index (χ0v) is 6.06. The number of hydrogen-bond donors (Lipinski definition) is 1. The lowest BCUT2D eigenvalue weighted by molar-refractivity contribution is 0.316. The Morgan fingerprint density at radius 2 is 2.55 bits per heavy atom. The van der Waals surface area contributed by atoms with Gasteiger partial charge in [-0.2, -0.15) is 0 Å². The van der Waals surface area contributed by atoms with E-state index in [2.05, 4.69) is 10.1 Å². The summed E-state index contributed by atoms with van der Waals surface area (Å²) in [6, 6.07) is 0. The third-order valence-corrected chi connectivity index (χ3v) is 1.94. The molecular formula is C7H9N3O. The van der Waals surface area contributed by atoms with Gasteiger partial charge in [0.1, 0.15) is 5.71 Å². The van der Waals surface area contributed by atoms with E-state index < -0.39 is 0 Å². The van der Waals surface area contributed by atoms with Crippen molar-refractivity contribution in [3.63, 3.8) is 0 Å². The van der Waals surface area contributed by atoms with E-state index in [0.29, 0.717) is 0 Å². The highest BCUT2D eigenvalue weighted by Gasteiger charge is 2.14. The summed E-state index contributed by atoms with van der Waals surface area (Å²) in [5.74, 6) is 0. The molecule has 58 valence electrons. The topological polar surface area (TPSA) is 50.4 Å². The zero-order valence-electron chi connectivity index (χ0n) is 6.06. The second kappa shape index (κ2) is 2.38. The highest BCUT2D eigenvalue weighted by molar-refractivity contribution is 5.99. The average molecular weight is 151 g/mol. The van der Waals surface area contributed by atoms with Crippen LogP contribution in [0.25, 0.3) is 0 Å². The van der Waals surface area contributed by atoms with Gasteiger partial charge in [-0.25, -0.2) is 4.98 Å². The van der Waals surface area contributed by atoms with Crippen molar-refractivity contribution in [2.24, 2.45) is 5.16 Å². The number of hydrogen-bond acceptors (Lipinski definition) is 3. The van der Waals surface area contributed by atoms with Gasteiger partial charge < -0.3 is 9.77 Å². The van der Waals surface area contributed by atoms with E-state index in [-0.39, 0.29) is 0 Å². The van der Waals surface area contributed by atoms with Crippen molar-refractivity contribution in [1.29, 1.82) is 0 Å². The largest absolute Gasteiger partial charge is 0.411 e. The minimum absolute atomic E-state index is 0.744. The summed E-state index contributed by atoms with van der Waals surface area (Å²) in [6.07, 6.45) is 5.37. The first-order valence-corrected chi connectivity index (χ1v) is 3.63. The quantitative estimate of drug-likeness (QED) is 0.441. The summed E-state index contributed by atoms with van der Waals surface area (Å²) >= 11 is 0. The number of aryl methyl sites for hydroxylation is 1. The van der Waals surface area contributed by atoms with Gasteiger partial charge in [-0.1, -0.05) is 5.16 Å². The molecule has 1 aromatic rings. The standard InChI is InChI=1S/C7H9N3O/c11-9-6-2-1-3-10-5-8-4-7(6)10/h4-5,11H,1-3H2. The highest BCUT2D eigenvalue weighted by Crippen LogP contribution is 2.13. The third-order valence-electron chi connectivity index (χ3n) is 1.94.